The summed E-state index contributed by atoms with van der Waals surface area (Å²) in [7, 11) is -3.79. The van der Waals surface area contributed by atoms with Crippen LogP contribution >= 0.6 is 0 Å². The van der Waals surface area contributed by atoms with Crippen LogP contribution in [-0.4, -0.2) is 34.9 Å². The summed E-state index contributed by atoms with van der Waals surface area (Å²) in [5, 5.41) is 3.22. The molecule has 0 aromatic carbocycles. The lowest BCUT2D eigenvalue weighted by Gasteiger charge is -2.35. The van der Waals surface area contributed by atoms with Crippen molar-refractivity contribution in [3.05, 3.63) is 24.3 Å². The first kappa shape index (κ1) is 53.3. The fourth-order valence-electron chi connectivity index (χ4n) is 7.19. The van der Waals surface area contributed by atoms with Crippen molar-refractivity contribution in [2.24, 2.45) is 0 Å². The number of allylic oxidation sites excluding steroid dienone is 2. The molecule has 1 N–H and O–H groups in total. The SMILES string of the molecule is CCCCCCCCCCCCC/C=C/C(O[Si](C)(C)C)C(NC(=O)C/C=C/CCCCCCCCCCCCCCCCCCCCC)O[Si](C)(C)C. The van der Waals surface area contributed by atoms with Crippen molar-refractivity contribution in [2.75, 3.05) is 0 Å². The van der Waals surface area contributed by atoms with Gasteiger partial charge in [0.25, 0.3) is 0 Å². The molecule has 6 heteroatoms. The zero-order valence-electron chi connectivity index (χ0n) is 38.0. The average molecular weight is 792 g/mol. The van der Waals surface area contributed by atoms with Crippen LogP contribution in [0, 0.1) is 0 Å². The molecule has 0 rings (SSSR count). The Kier molecular flexibility index (Phi) is 37.4. The summed E-state index contributed by atoms with van der Waals surface area (Å²) in [4.78, 5) is 13.1. The molecule has 320 valence electrons. The second kappa shape index (κ2) is 37.9. The number of nitrogens with one attached hydrogen (secondary N) is 1. The molecular weight excluding hydrogens is 695 g/mol. The lowest BCUT2D eigenvalue weighted by atomic mass is 10.0. The second-order valence-corrected chi connectivity index (χ2v) is 27.4. The van der Waals surface area contributed by atoms with Crippen molar-refractivity contribution in [3.63, 3.8) is 0 Å². The minimum Gasteiger partial charge on any atom is -0.407 e. The van der Waals surface area contributed by atoms with Crippen LogP contribution in [0.25, 0.3) is 0 Å². The molecular formula is C48H97NO3Si2. The molecule has 0 heterocycles. The average Bonchev–Trinajstić information content (AvgIpc) is 3.10. The van der Waals surface area contributed by atoms with Crippen molar-refractivity contribution in [1.82, 2.24) is 5.32 Å². The monoisotopic (exact) mass is 792 g/mol. The summed E-state index contributed by atoms with van der Waals surface area (Å²) in [6.45, 7) is 17.8. The Hall–Kier alpha value is -0.696. The third kappa shape index (κ3) is 41.0. The van der Waals surface area contributed by atoms with E-state index in [1.54, 1.807) is 0 Å². The van der Waals surface area contributed by atoms with Crippen LogP contribution in [0.3, 0.4) is 0 Å². The van der Waals surface area contributed by atoms with Crippen LogP contribution < -0.4 is 5.32 Å². The van der Waals surface area contributed by atoms with Gasteiger partial charge >= 0.3 is 0 Å². The smallest absolute Gasteiger partial charge is 0.225 e. The molecule has 2 unspecified atom stereocenters. The quantitative estimate of drug-likeness (QED) is 0.0290. The van der Waals surface area contributed by atoms with Crippen LogP contribution in [0.2, 0.25) is 39.3 Å². The Morgan fingerprint density at radius 1 is 0.444 bits per heavy atom. The summed E-state index contributed by atoms with van der Waals surface area (Å²) in [5.41, 5.74) is 0. The minimum atomic E-state index is -1.93. The Balaban J connectivity index is 4.25. The third-order valence-corrected chi connectivity index (χ3v) is 12.3. The Bertz CT molecular complexity index is 863. The highest BCUT2D eigenvalue weighted by atomic mass is 28.4. The van der Waals surface area contributed by atoms with Gasteiger partial charge in [-0.15, -0.1) is 0 Å². The minimum absolute atomic E-state index is 0.0191. The summed E-state index contributed by atoms with van der Waals surface area (Å²) < 4.78 is 13.2. The van der Waals surface area contributed by atoms with E-state index < -0.39 is 22.9 Å². The third-order valence-electron chi connectivity index (χ3n) is 10.3. The van der Waals surface area contributed by atoms with E-state index in [0.717, 1.165) is 12.8 Å². The van der Waals surface area contributed by atoms with Crippen LogP contribution in [0.1, 0.15) is 226 Å². The first-order valence-corrected chi connectivity index (χ1v) is 30.8. The van der Waals surface area contributed by atoms with Crippen LogP contribution in [0.5, 0.6) is 0 Å². The second-order valence-electron chi connectivity index (χ2n) is 18.5. The van der Waals surface area contributed by atoms with Gasteiger partial charge in [0.15, 0.2) is 16.6 Å². The van der Waals surface area contributed by atoms with Crippen molar-refractivity contribution in [2.45, 2.75) is 277 Å². The van der Waals surface area contributed by atoms with E-state index in [-0.39, 0.29) is 12.0 Å². The number of carbonyl (C=O) groups is 1. The molecule has 0 aliphatic carbocycles. The Morgan fingerprint density at radius 2 is 0.759 bits per heavy atom. The maximum atomic E-state index is 13.1. The summed E-state index contributed by atoms with van der Waals surface area (Å²) >= 11 is 0. The molecule has 0 spiro atoms. The standard InChI is InChI=1S/C48H97NO3Si2/c1-9-11-13-15-17-19-21-23-24-25-26-27-28-29-30-31-33-35-37-39-41-43-45-47(50)49-48(52-54(6,7)8)46(51-53(3,4)5)44-42-40-38-36-34-32-22-20-18-16-14-12-10-2/h41-44,46,48H,9-40,45H2,1-8H3,(H,49,50)/b43-41+,44-42+. The lowest BCUT2D eigenvalue weighted by Crippen LogP contribution is -2.52. The van der Waals surface area contributed by atoms with Gasteiger partial charge in [0, 0.05) is 6.42 Å². The van der Waals surface area contributed by atoms with Crippen LogP contribution in [-0.2, 0) is 13.6 Å². The number of carbonyl (C=O) groups excluding carboxylic acids is 1. The molecule has 54 heavy (non-hydrogen) atoms. The Labute approximate surface area is 341 Å². The molecule has 0 aromatic heterocycles. The number of unbranched alkanes of at least 4 members (excludes halogenated alkanes) is 30. The molecule has 0 aromatic rings. The topological polar surface area (TPSA) is 47.6 Å². The van der Waals surface area contributed by atoms with Gasteiger partial charge in [-0.05, 0) is 65.0 Å². The van der Waals surface area contributed by atoms with Crippen molar-refractivity contribution in [1.29, 1.82) is 0 Å². The maximum absolute atomic E-state index is 13.1. The van der Waals surface area contributed by atoms with Crippen molar-refractivity contribution >= 4 is 22.5 Å². The van der Waals surface area contributed by atoms with Crippen LogP contribution in [0.15, 0.2) is 24.3 Å². The van der Waals surface area contributed by atoms with Crippen molar-refractivity contribution in [3.8, 4) is 0 Å². The van der Waals surface area contributed by atoms with Crippen LogP contribution in [0.4, 0.5) is 0 Å². The van der Waals surface area contributed by atoms with Gasteiger partial charge < -0.3 is 14.2 Å². The number of hydrogen-bond acceptors (Lipinski definition) is 3. The largest absolute Gasteiger partial charge is 0.407 e. The zero-order chi connectivity index (χ0) is 40.0. The molecule has 0 radical (unpaired) electrons. The maximum Gasteiger partial charge on any atom is 0.225 e. The van der Waals surface area contributed by atoms with Gasteiger partial charge in [-0.1, -0.05) is 218 Å². The fraction of sp³-hybridized carbons (Fsp3) is 0.896. The fourth-order valence-corrected chi connectivity index (χ4v) is 9.17. The lowest BCUT2D eigenvalue weighted by molar-refractivity contribution is -0.124. The zero-order valence-corrected chi connectivity index (χ0v) is 40.0. The van der Waals surface area contributed by atoms with E-state index in [1.807, 2.05) is 6.08 Å². The molecule has 0 saturated carbocycles. The molecule has 1 amide bonds. The predicted molar refractivity (Wildman–Crippen MR) is 247 cm³/mol. The highest BCUT2D eigenvalue weighted by Crippen LogP contribution is 2.19. The summed E-state index contributed by atoms with van der Waals surface area (Å²) in [6.07, 6.45) is 52.2. The van der Waals surface area contributed by atoms with E-state index in [2.05, 4.69) is 76.7 Å². The van der Waals surface area contributed by atoms with E-state index in [9.17, 15) is 4.79 Å². The molecule has 0 bridgehead atoms. The first-order valence-electron chi connectivity index (χ1n) is 23.9. The predicted octanol–water partition coefficient (Wildman–Crippen LogP) is 16.5. The molecule has 2 atom stereocenters. The van der Waals surface area contributed by atoms with Gasteiger partial charge in [-0.3, -0.25) is 4.79 Å². The highest BCUT2D eigenvalue weighted by Gasteiger charge is 2.31. The van der Waals surface area contributed by atoms with E-state index >= 15 is 0 Å². The molecule has 4 nitrogen and oxygen atoms in total. The van der Waals surface area contributed by atoms with E-state index in [1.165, 1.54) is 193 Å². The van der Waals surface area contributed by atoms with Gasteiger partial charge in [0.05, 0.1) is 0 Å². The molecule has 0 aliphatic rings. The Morgan fingerprint density at radius 3 is 1.09 bits per heavy atom. The normalized spacial score (nSPS) is 13.7. The first-order chi connectivity index (χ1) is 26.0. The molecule has 0 saturated heterocycles. The van der Waals surface area contributed by atoms with E-state index in [4.69, 9.17) is 8.85 Å². The molecule has 0 aliphatic heterocycles. The molecule has 0 fully saturated rings. The number of hydrogen-bond donors (Lipinski definition) is 1. The number of amides is 1. The van der Waals surface area contributed by atoms with E-state index in [0.29, 0.717) is 6.42 Å². The summed E-state index contributed by atoms with van der Waals surface area (Å²) in [5.74, 6) is 0.0191. The van der Waals surface area contributed by atoms with Gasteiger partial charge in [-0.25, -0.2) is 0 Å². The van der Waals surface area contributed by atoms with Gasteiger partial charge in [0.1, 0.15) is 12.3 Å². The van der Waals surface area contributed by atoms with Gasteiger partial charge in [-0.2, -0.15) is 0 Å². The number of rotatable bonds is 41. The van der Waals surface area contributed by atoms with Crippen molar-refractivity contribution < 1.29 is 13.6 Å². The summed E-state index contributed by atoms with van der Waals surface area (Å²) in [6, 6.07) is 0. The highest BCUT2D eigenvalue weighted by molar-refractivity contribution is 6.70. The van der Waals surface area contributed by atoms with Gasteiger partial charge in [0.2, 0.25) is 5.91 Å².